The molecule has 218 valence electrons. The molecule has 42 heavy (non-hydrogen) atoms. The molecule has 7 heteroatoms. The Morgan fingerprint density at radius 3 is 2.24 bits per heavy atom. The number of benzene rings is 4. The van der Waals surface area contributed by atoms with E-state index in [1.54, 1.807) is 18.9 Å². The van der Waals surface area contributed by atoms with E-state index in [9.17, 15) is 9.59 Å². The van der Waals surface area contributed by atoms with Gasteiger partial charge in [0.05, 0.1) is 14.2 Å². The van der Waals surface area contributed by atoms with Crippen LogP contribution in [0.2, 0.25) is 0 Å². The van der Waals surface area contributed by atoms with Crippen LogP contribution in [0, 0.1) is 6.92 Å². The topological polar surface area (TPSA) is 67.9 Å². The van der Waals surface area contributed by atoms with Crippen LogP contribution >= 0.6 is 11.8 Å². The summed E-state index contributed by atoms with van der Waals surface area (Å²) in [6, 6.07) is 31.7. The van der Waals surface area contributed by atoms with Gasteiger partial charge in [-0.3, -0.25) is 4.79 Å². The Morgan fingerprint density at radius 1 is 0.833 bits per heavy atom. The van der Waals surface area contributed by atoms with E-state index in [4.69, 9.17) is 9.47 Å². The van der Waals surface area contributed by atoms with Crippen molar-refractivity contribution >= 4 is 29.3 Å². The second-order valence-corrected chi connectivity index (χ2v) is 11.1. The first-order valence-electron chi connectivity index (χ1n) is 13.9. The number of esters is 1. The molecule has 1 amide bonds. The zero-order valence-corrected chi connectivity index (χ0v) is 25.4. The number of aryl methyl sites for hydroxylation is 1. The second-order valence-electron chi connectivity index (χ2n) is 10.1. The molecule has 0 heterocycles. The van der Waals surface area contributed by atoms with Crippen molar-refractivity contribution in [1.82, 2.24) is 5.32 Å². The van der Waals surface area contributed by atoms with Crippen LogP contribution in [0.3, 0.4) is 0 Å². The summed E-state index contributed by atoms with van der Waals surface area (Å²) in [5.41, 5.74) is 6.66. The Bertz CT molecular complexity index is 1490. The summed E-state index contributed by atoms with van der Waals surface area (Å²) in [5, 5.41) is 2.93. The Hall–Kier alpha value is -4.23. The SMILES string of the molecule is COC(=O)C(CCSC)NC(=O)c1ccc(CN(Cc2cccc(OC)c2)c2ccccc2)cc1-c1ccccc1C. The van der Waals surface area contributed by atoms with Gasteiger partial charge in [-0.2, -0.15) is 11.8 Å². The Kier molecular flexibility index (Phi) is 11.1. The zero-order chi connectivity index (χ0) is 29.9. The van der Waals surface area contributed by atoms with Crippen molar-refractivity contribution in [3.63, 3.8) is 0 Å². The number of ether oxygens (including phenoxy) is 2. The molecule has 1 unspecified atom stereocenters. The summed E-state index contributed by atoms with van der Waals surface area (Å²) in [6.45, 7) is 3.35. The molecule has 4 aromatic rings. The molecule has 1 N–H and O–H groups in total. The molecule has 0 aliphatic carbocycles. The van der Waals surface area contributed by atoms with Gasteiger partial charge < -0.3 is 19.7 Å². The van der Waals surface area contributed by atoms with Crippen LogP contribution < -0.4 is 15.0 Å². The first kappa shape index (κ1) is 30.7. The monoisotopic (exact) mass is 582 g/mol. The first-order valence-corrected chi connectivity index (χ1v) is 15.3. The molecular formula is C35H38N2O4S. The van der Waals surface area contributed by atoms with Crippen molar-refractivity contribution in [2.75, 3.05) is 31.1 Å². The lowest BCUT2D eigenvalue weighted by molar-refractivity contribution is -0.142. The van der Waals surface area contributed by atoms with Gasteiger partial charge in [-0.25, -0.2) is 4.79 Å². The van der Waals surface area contributed by atoms with Crippen molar-refractivity contribution in [2.24, 2.45) is 0 Å². The Balaban J connectivity index is 1.71. The fourth-order valence-electron chi connectivity index (χ4n) is 4.94. The predicted octanol–water partition coefficient (Wildman–Crippen LogP) is 6.90. The number of hydrogen-bond donors (Lipinski definition) is 1. The molecule has 0 spiro atoms. The molecule has 6 nitrogen and oxygen atoms in total. The highest BCUT2D eigenvalue weighted by Crippen LogP contribution is 2.30. The minimum Gasteiger partial charge on any atom is -0.497 e. The van der Waals surface area contributed by atoms with Gasteiger partial charge in [0, 0.05) is 24.3 Å². The number of carbonyl (C=O) groups excluding carboxylic acids is 2. The number of hydrogen-bond acceptors (Lipinski definition) is 6. The summed E-state index contributed by atoms with van der Waals surface area (Å²) in [5.74, 6) is 0.808. The third-order valence-electron chi connectivity index (χ3n) is 7.17. The van der Waals surface area contributed by atoms with Crippen LogP contribution in [0.25, 0.3) is 11.1 Å². The van der Waals surface area contributed by atoms with Gasteiger partial charge >= 0.3 is 5.97 Å². The minimum atomic E-state index is -0.712. The zero-order valence-electron chi connectivity index (χ0n) is 24.6. The average Bonchev–Trinajstić information content (AvgIpc) is 3.03. The third-order valence-corrected chi connectivity index (χ3v) is 7.81. The number of carbonyl (C=O) groups is 2. The summed E-state index contributed by atoms with van der Waals surface area (Å²) in [4.78, 5) is 28.4. The molecule has 4 rings (SSSR count). The number of thioether (sulfide) groups is 1. The highest BCUT2D eigenvalue weighted by molar-refractivity contribution is 7.98. The lowest BCUT2D eigenvalue weighted by atomic mass is 9.93. The molecule has 0 radical (unpaired) electrons. The lowest BCUT2D eigenvalue weighted by Crippen LogP contribution is -2.42. The Morgan fingerprint density at radius 2 is 1.55 bits per heavy atom. The number of nitrogens with zero attached hydrogens (tertiary/aromatic N) is 1. The number of amides is 1. The maximum absolute atomic E-state index is 13.7. The van der Waals surface area contributed by atoms with E-state index in [0.717, 1.165) is 45.0 Å². The number of anilines is 1. The molecule has 0 saturated carbocycles. The smallest absolute Gasteiger partial charge is 0.328 e. The normalized spacial score (nSPS) is 11.4. The highest BCUT2D eigenvalue weighted by atomic mass is 32.2. The molecule has 4 aromatic carbocycles. The van der Waals surface area contributed by atoms with Crippen LogP contribution in [0.4, 0.5) is 5.69 Å². The van der Waals surface area contributed by atoms with Crippen LogP contribution in [-0.4, -0.2) is 44.1 Å². The van der Waals surface area contributed by atoms with E-state index in [1.807, 2.05) is 79.9 Å². The van der Waals surface area contributed by atoms with Crippen LogP contribution in [0.1, 0.15) is 33.5 Å². The van der Waals surface area contributed by atoms with Crippen LogP contribution in [0.5, 0.6) is 5.75 Å². The lowest BCUT2D eigenvalue weighted by Gasteiger charge is -2.26. The predicted molar refractivity (Wildman–Crippen MR) is 172 cm³/mol. The fourth-order valence-corrected chi connectivity index (χ4v) is 5.41. The van der Waals surface area contributed by atoms with Gasteiger partial charge in [0.15, 0.2) is 0 Å². The molecule has 1 atom stereocenters. The van der Waals surface area contributed by atoms with Gasteiger partial charge in [0.25, 0.3) is 5.91 Å². The average molecular weight is 583 g/mol. The highest BCUT2D eigenvalue weighted by Gasteiger charge is 2.24. The number of para-hydroxylation sites is 1. The standard InChI is InChI=1S/C35H38N2O4S/c1-25-11-8-9-16-30(25)32-22-27(17-18-31(32)34(38)36-33(19-20-42-4)35(39)41-3)24-37(28-13-6-5-7-14-28)23-26-12-10-15-29(21-26)40-2/h5-18,21-22,33H,19-20,23-24H2,1-4H3,(H,36,38). The van der Waals surface area contributed by atoms with E-state index in [2.05, 4.69) is 40.5 Å². The molecule has 0 aromatic heterocycles. The third kappa shape index (κ3) is 7.95. The van der Waals surface area contributed by atoms with Crippen molar-refractivity contribution in [1.29, 1.82) is 0 Å². The minimum absolute atomic E-state index is 0.299. The first-order chi connectivity index (χ1) is 20.4. The van der Waals surface area contributed by atoms with Gasteiger partial charge in [-0.15, -0.1) is 0 Å². The van der Waals surface area contributed by atoms with E-state index < -0.39 is 12.0 Å². The van der Waals surface area contributed by atoms with Gasteiger partial charge in [-0.05, 0) is 89.6 Å². The molecule has 0 aliphatic heterocycles. The molecule has 0 fully saturated rings. The number of rotatable bonds is 13. The Labute approximate surface area is 253 Å². The summed E-state index contributed by atoms with van der Waals surface area (Å²) >= 11 is 1.62. The molecule has 0 saturated heterocycles. The van der Waals surface area contributed by atoms with E-state index in [1.165, 1.54) is 7.11 Å². The van der Waals surface area contributed by atoms with E-state index in [0.29, 0.717) is 25.1 Å². The fraction of sp³-hybridized carbons (Fsp3) is 0.257. The van der Waals surface area contributed by atoms with Gasteiger partial charge in [0.2, 0.25) is 0 Å². The molecule has 0 aliphatic rings. The van der Waals surface area contributed by atoms with Gasteiger partial charge in [0.1, 0.15) is 11.8 Å². The molecule has 0 bridgehead atoms. The van der Waals surface area contributed by atoms with Crippen LogP contribution in [-0.2, 0) is 22.6 Å². The van der Waals surface area contributed by atoms with Crippen molar-refractivity contribution < 1.29 is 19.1 Å². The van der Waals surface area contributed by atoms with Crippen molar-refractivity contribution in [3.05, 3.63) is 119 Å². The maximum atomic E-state index is 13.7. The van der Waals surface area contributed by atoms with Crippen molar-refractivity contribution in [3.8, 4) is 16.9 Å². The number of methoxy groups -OCH3 is 2. The largest absolute Gasteiger partial charge is 0.497 e. The summed E-state index contributed by atoms with van der Waals surface area (Å²) < 4.78 is 10.4. The van der Waals surface area contributed by atoms with E-state index in [-0.39, 0.29) is 5.91 Å². The summed E-state index contributed by atoms with van der Waals surface area (Å²) in [7, 11) is 3.02. The second kappa shape index (κ2) is 15.1. The summed E-state index contributed by atoms with van der Waals surface area (Å²) in [6.07, 6.45) is 2.46. The number of nitrogens with one attached hydrogen (secondary N) is 1. The van der Waals surface area contributed by atoms with Crippen LogP contribution in [0.15, 0.2) is 97.1 Å². The van der Waals surface area contributed by atoms with Crippen molar-refractivity contribution in [2.45, 2.75) is 32.5 Å². The molecular weight excluding hydrogens is 544 g/mol. The quantitative estimate of drug-likeness (QED) is 0.173. The maximum Gasteiger partial charge on any atom is 0.328 e. The van der Waals surface area contributed by atoms with Gasteiger partial charge in [-0.1, -0.05) is 60.7 Å². The van der Waals surface area contributed by atoms with E-state index >= 15 is 0 Å².